The van der Waals surface area contributed by atoms with Crippen LogP contribution in [0.1, 0.15) is 29.0 Å². The van der Waals surface area contributed by atoms with Crippen LogP contribution in [0.4, 0.5) is 0 Å². The number of carbonyl (C=O) groups is 1. The van der Waals surface area contributed by atoms with E-state index < -0.39 is 0 Å². The third-order valence-electron chi connectivity index (χ3n) is 5.74. The minimum absolute atomic E-state index is 0.0574. The normalized spacial score (nSPS) is 24.5. The number of fused-ring (bicyclic) bond motifs is 1. The molecule has 0 unspecified atom stereocenters. The summed E-state index contributed by atoms with van der Waals surface area (Å²) >= 11 is 0. The number of rotatable bonds is 4. The molecule has 1 aromatic carbocycles. The zero-order valence-electron chi connectivity index (χ0n) is 14.8. The molecule has 2 aromatic rings. The van der Waals surface area contributed by atoms with Gasteiger partial charge in [0.25, 0.3) is 5.91 Å². The molecule has 0 radical (unpaired) electrons. The van der Waals surface area contributed by atoms with Crippen LogP contribution in [0.2, 0.25) is 0 Å². The number of carbonyl (C=O) groups excluding carboxylic acids is 1. The third-order valence-corrected chi connectivity index (χ3v) is 5.74. The Morgan fingerprint density at radius 2 is 2.00 bits per heavy atom. The predicted octanol–water partition coefficient (Wildman–Crippen LogP) is 2.52. The Balaban J connectivity index is 1.50. The van der Waals surface area contributed by atoms with Crippen LogP contribution >= 0.6 is 0 Å². The quantitative estimate of drug-likeness (QED) is 0.928. The van der Waals surface area contributed by atoms with Crippen LogP contribution in [-0.2, 0) is 0 Å². The first kappa shape index (κ1) is 16.6. The molecule has 2 atom stereocenters. The van der Waals surface area contributed by atoms with Gasteiger partial charge in [-0.25, -0.2) is 0 Å². The molecule has 0 aliphatic carbocycles. The average molecular weight is 342 g/mol. The van der Waals surface area contributed by atoms with Crippen molar-refractivity contribution < 1.29 is 14.3 Å². The number of likely N-dealkylation sites (tertiary alicyclic amines) is 2. The molecule has 1 aromatic heterocycles. The zero-order chi connectivity index (χ0) is 17.4. The van der Waals surface area contributed by atoms with Crippen LogP contribution in [0.5, 0.6) is 0 Å². The van der Waals surface area contributed by atoms with E-state index in [2.05, 4.69) is 4.90 Å². The van der Waals surface area contributed by atoms with E-state index >= 15 is 0 Å². The molecule has 1 N–H and O–H groups in total. The van der Waals surface area contributed by atoms with Crippen molar-refractivity contribution in [2.75, 3.05) is 39.3 Å². The average Bonchev–Trinajstić information content (AvgIpc) is 3.34. The number of amides is 1. The van der Waals surface area contributed by atoms with Crippen molar-refractivity contribution in [1.82, 2.24) is 9.80 Å². The van der Waals surface area contributed by atoms with Crippen LogP contribution in [0.25, 0.3) is 11.0 Å². The van der Waals surface area contributed by atoms with Crippen LogP contribution < -0.4 is 0 Å². The van der Waals surface area contributed by atoms with Crippen molar-refractivity contribution in [3.63, 3.8) is 0 Å². The second-order valence-corrected chi connectivity index (χ2v) is 7.52. The molecular formula is C20H26N2O3. The molecule has 1 amide bonds. The maximum atomic E-state index is 12.9. The lowest BCUT2D eigenvalue weighted by atomic mass is 9.96. The first-order chi connectivity index (χ1) is 12.2. The second-order valence-electron chi connectivity index (χ2n) is 7.52. The highest BCUT2D eigenvalue weighted by Crippen LogP contribution is 2.29. The molecule has 0 bridgehead atoms. The number of hydrogen-bond donors (Lipinski definition) is 1. The van der Waals surface area contributed by atoms with E-state index in [4.69, 9.17) is 4.42 Å². The van der Waals surface area contributed by atoms with Gasteiger partial charge in [0.15, 0.2) is 5.76 Å². The highest BCUT2D eigenvalue weighted by atomic mass is 16.3. The zero-order valence-corrected chi connectivity index (χ0v) is 14.8. The molecule has 25 heavy (non-hydrogen) atoms. The number of para-hydroxylation sites is 1. The summed E-state index contributed by atoms with van der Waals surface area (Å²) in [6.45, 7) is 6.72. The molecule has 2 saturated heterocycles. The van der Waals surface area contributed by atoms with Crippen LogP contribution in [-0.4, -0.2) is 60.1 Å². The minimum atomic E-state index is -0.0574. The first-order valence-electron chi connectivity index (χ1n) is 9.27. The van der Waals surface area contributed by atoms with Gasteiger partial charge in [-0.05, 0) is 50.4 Å². The van der Waals surface area contributed by atoms with Crippen molar-refractivity contribution in [1.29, 1.82) is 0 Å². The van der Waals surface area contributed by atoms with Gasteiger partial charge in [-0.1, -0.05) is 18.2 Å². The minimum Gasteiger partial charge on any atom is -0.451 e. The maximum absolute atomic E-state index is 12.9. The fourth-order valence-corrected chi connectivity index (χ4v) is 4.29. The van der Waals surface area contributed by atoms with Gasteiger partial charge >= 0.3 is 0 Å². The molecule has 5 heteroatoms. The lowest BCUT2D eigenvalue weighted by Crippen LogP contribution is -2.32. The second kappa shape index (κ2) is 6.81. The van der Waals surface area contributed by atoms with E-state index in [9.17, 15) is 9.90 Å². The summed E-state index contributed by atoms with van der Waals surface area (Å²) < 4.78 is 5.85. The van der Waals surface area contributed by atoms with Crippen molar-refractivity contribution >= 4 is 16.9 Å². The summed E-state index contributed by atoms with van der Waals surface area (Å²) in [5.74, 6) is 0.856. The summed E-state index contributed by atoms with van der Waals surface area (Å²) in [7, 11) is 0. The molecule has 0 saturated carbocycles. The molecule has 2 fully saturated rings. The lowest BCUT2D eigenvalue weighted by molar-refractivity contribution is 0.0750. The highest BCUT2D eigenvalue weighted by Gasteiger charge is 2.37. The van der Waals surface area contributed by atoms with Gasteiger partial charge in [-0.15, -0.1) is 0 Å². The van der Waals surface area contributed by atoms with Crippen molar-refractivity contribution in [2.45, 2.75) is 19.8 Å². The number of furan rings is 1. The van der Waals surface area contributed by atoms with E-state index in [-0.39, 0.29) is 18.4 Å². The Kier molecular flexibility index (Phi) is 4.52. The Morgan fingerprint density at radius 1 is 1.24 bits per heavy atom. The predicted molar refractivity (Wildman–Crippen MR) is 96.6 cm³/mol. The van der Waals surface area contributed by atoms with E-state index in [1.165, 1.54) is 12.8 Å². The van der Waals surface area contributed by atoms with Gasteiger partial charge in [0, 0.05) is 37.5 Å². The largest absolute Gasteiger partial charge is 0.451 e. The summed E-state index contributed by atoms with van der Waals surface area (Å²) in [4.78, 5) is 17.2. The number of nitrogens with zero attached hydrogens (tertiary/aromatic N) is 2. The van der Waals surface area contributed by atoms with E-state index in [0.29, 0.717) is 24.8 Å². The van der Waals surface area contributed by atoms with Gasteiger partial charge < -0.3 is 19.3 Å². The molecular weight excluding hydrogens is 316 g/mol. The van der Waals surface area contributed by atoms with E-state index in [1.54, 1.807) is 0 Å². The Morgan fingerprint density at radius 3 is 2.72 bits per heavy atom. The molecule has 2 aliphatic heterocycles. The molecule has 5 nitrogen and oxygen atoms in total. The Bertz CT molecular complexity index is 763. The molecule has 2 aliphatic rings. The number of aryl methyl sites for hydroxylation is 1. The Hall–Kier alpha value is -1.85. The number of hydrogen-bond acceptors (Lipinski definition) is 4. The van der Waals surface area contributed by atoms with Gasteiger partial charge in [0.05, 0.1) is 0 Å². The van der Waals surface area contributed by atoms with Crippen LogP contribution in [0.15, 0.2) is 28.7 Å². The summed E-state index contributed by atoms with van der Waals surface area (Å²) in [6, 6.07) is 7.78. The fourth-order valence-electron chi connectivity index (χ4n) is 4.29. The summed E-state index contributed by atoms with van der Waals surface area (Å²) in [5.41, 5.74) is 1.83. The van der Waals surface area contributed by atoms with Crippen molar-refractivity contribution in [3.8, 4) is 0 Å². The van der Waals surface area contributed by atoms with Crippen molar-refractivity contribution in [2.24, 2.45) is 11.8 Å². The number of benzene rings is 1. The van der Waals surface area contributed by atoms with Crippen molar-refractivity contribution in [3.05, 3.63) is 35.6 Å². The number of aliphatic hydroxyl groups is 1. The first-order valence-corrected chi connectivity index (χ1v) is 9.27. The van der Waals surface area contributed by atoms with Gasteiger partial charge in [0.2, 0.25) is 0 Å². The van der Waals surface area contributed by atoms with E-state index in [1.807, 2.05) is 36.1 Å². The highest BCUT2D eigenvalue weighted by molar-refractivity contribution is 5.96. The SMILES string of the molecule is Cc1cccc2cc(C(=O)N3C[C@@H](CN4CCCC4)[C@@H](CO)C3)oc12. The molecule has 4 rings (SSSR count). The topological polar surface area (TPSA) is 56.9 Å². The molecule has 134 valence electrons. The standard InChI is InChI=1S/C20H26N2O3/c1-14-5-4-6-15-9-18(25-19(14)15)20(24)22-11-16(17(12-22)13-23)10-21-7-2-3-8-21/h4-6,9,16-17,23H,2-3,7-8,10-13H2,1H3/t16-,17-/m1/s1. The monoisotopic (exact) mass is 342 g/mol. The van der Waals surface area contributed by atoms with Gasteiger partial charge in [0.1, 0.15) is 5.58 Å². The molecule has 3 heterocycles. The van der Waals surface area contributed by atoms with Crippen LogP contribution in [0.3, 0.4) is 0 Å². The van der Waals surface area contributed by atoms with Gasteiger partial charge in [-0.2, -0.15) is 0 Å². The smallest absolute Gasteiger partial charge is 0.289 e. The Labute approximate surface area is 148 Å². The summed E-state index contributed by atoms with van der Waals surface area (Å²) in [6.07, 6.45) is 2.52. The third kappa shape index (κ3) is 3.18. The van der Waals surface area contributed by atoms with E-state index in [0.717, 1.165) is 36.2 Å². The van der Waals surface area contributed by atoms with Gasteiger partial charge in [-0.3, -0.25) is 4.79 Å². The lowest BCUT2D eigenvalue weighted by Gasteiger charge is -2.22. The molecule has 0 spiro atoms. The summed E-state index contributed by atoms with van der Waals surface area (Å²) in [5, 5.41) is 10.7. The van der Waals surface area contributed by atoms with Crippen LogP contribution in [0, 0.1) is 18.8 Å². The maximum Gasteiger partial charge on any atom is 0.289 e. The number of aliphatic hydroxyl groups excluding tert-OH is 1. The fraction of sp³-hybridized carbons (Fsp3) is 0.550.